The van der Waals surface area contributed by atoms with E-state index in [2.05, 4.69) is 60.8 Å². The van der Waals surface area contributed by atoms with E-state index in [4.69, 9.17) is 16.3 Å². The summed E-state index contributed by atoms with van der Waals surface area (Å²) in [4.78, 5) is 14.8. The third-order valence-corrected chi connectivity index (χ3v) is 6.52. The third-order valence-electron chi connectivity index (χ3n) is 6.26. The smallest absolute Gasteiger partial charge is 0.410 e. The number of aryl methyl sites for hydroxylation is 1. The highest BCUT2D eigenvalue weighted by atomic mass is 35.5. The summed E-state index contributed by atoms with van der Waals surface area (Å²) < 4.78 is 5.20. The van der Waals surface area contributed by atoms with Crippen molar-refractivity contribution in [1.29, 1.82) is 0 Å². The second-order valence-electron chi connectivity index (χ2n) is 8.03. The van der Waals surface area contributed by atoms with Crippen molar-refractivity contribution in [3.05, 3.63) is 99.6 Å². The Hall–Kier alpha value is -2.98. The van der Waals surface area contributed by atoms with E-state index in [1.54, 1.807) is 0 Å². The number of rotatable bonds is 1. The molecule has 0 aliphatic carbocycles. The van der Waals surface area contributed by atoms with Gasteiger partial charge in [0.25, 0.3) is 0 Å². The summed E-state index contributed by atoms with van der Waals surface area (Å²) in [5.41, 5.74) is 6.91. The van der Waals surface area contributed by atoms with Crippen LogP contribution in [-0.2, 0) is 11.3 Å². The van der Waals surface area contributed by atoms with E-state index in [-0.39, 0.29) is 24.1 Å². The van der Waals surface area contributed by atoms with Crippen LogP contribution in [0.2, 0.25) is 5.02 Å². The molecule has 2 heterocycles. The van der Waals surface area contributed by atoms with Crippen LogP contribution in [0.25, 0.3) is 0 Å². The highest BCUT2D eigenvalue weighted by molar-refractivity contribution is 6.30. The van der Waals surface area contributed by atoms with Crippen molar-refractivity contribution in [1.82, 2.24) is 4.90 Å². The number of benzene rings is 3. The number of halogens is 1. The highest BCUT2D eigenvalue weighted by Gasteiger charge is 2.46. The van der Waals surface area contributed by atoms with Crippen LogP contribution in [0.5, 0.6) is 0 Å². The molecule has 3 aromatic carbocycles. The van der Waals surface area contributed by atoms with Gasteiger partial charge in [-0.2, -0.15) is 0 Å². The fraction of sp³-hybridized carbons (Fsp3) is 0.240. The first-order valence-corrected chi connectivity index (χ1v) is 10.5. The zero-order chi connectivity index (χ0) is 20.8. The van der Waals surface area contributed by atoms with E-state index in [1.807, 2.05) is 23.1 Å². The maximum absolute atomic E-state index is 12.9. The molecule has 5 heteroatoms. The van der Waals surface area contributed by atoms with Crippen LogP contribution in [0.4, 0.5) is 10.5 Å². The predicted octanol–water partition coefficient (Wildman–Crippen LogP) is 6.22. The number of amides is 1. The Balaban J connectivity index is 1.75. The molecule has 3 atom stereocenters. The Morgan fingerprint density at radius 1 is 1.07 bits per heavy atom. The monoisotopic (exact) mass is 418 g/mol. The lowest BCUT2D eigenvalue weighted by atomic mass is 9.71. The summed E-state index contributed by atoms with van der Waals surface area (Å²) in [7, 11) is 1.45. The maximum Gasteiger partial charge on any atom is 0.410 e. The van der Waals surface area contributed by atoms with E-state index in [1.165, 1.54) is 18.2 Å². The number of anilines is 1. The topological polar surface area (TPSA) is 41.6 Å². The molecule has 0 saturated carbocycles. The molecule has 0 unspecified atom stereocenters. The van der Waals surface area contributed by atoms with Gasteiger partial charge in [-0.05, 0) is 47.4 Å². The van der Waals surface area contributed by atoms with Gasteiger partial charge in [0, 0.05) is 23.2 Å². The minimum absolute atomic E-state index is 0.00363. The maximum atomic E-state index is 12.9. The van der Waals surface area contributed by atoms with Gasteiger partial charge in [-0.25, -0.2) is 4.79 Å². The Labute approximate surface area is 181 Å². The van der Waals surface area contributed by atoms with E-state index < -0.39 is 0 Å². The molecule has 3 aromatic rings. The average molecular weight is 419 g/mol. The SMILES string of the molecule is COC(=O)N1Cc2ccccc2[C@H]2[C@@H](c3ccc(Cl)cc3)Nc3ccc(C)cc3[C@H]21. The molecule has 30 heavy (non-hydrogen) atoms. The van der Waals surface area contributed by atoms with E-state index in [9.17, 15) is 4.79 Å². The zero-order valence-electron chi connectivity index (χ0n) is 16.9. The Bertz CT molecular complexity index is 1110. The van der Waals surface area contributed by atoms with Gasteiger partial charge < -0.3 is 10.1 Å². The zero-order valence-corrected chi connectivity index (χ0v) is 17.7. The normalized spacial score (nSPS) is 21.7. The largest absolute Gasteiger partial charge is 0.453 e. The molecule has 0 aromatic heterocycles. The number of nitrogens with one attached hydrogen (secondary N) is 1. The van der Waals surface area contributed by atoms with Crippen molar-refractivity contribution in [3.8, 4) is 0 Å². The number of fused-ring (bicyclic) bond motifs is 5. The van der Waals surface area contributed by atoms with Crippen LogP contribution in [0.3, 0.4) is 0 Å². The van der Waals surface area contributed by atoms with E-state index >= 15 is 0 Å². The van der Waals surface area contributed by atoms with Crippen LogP contribution in [0.1, 0.15) is 45.8 Å². The van der Waals surface area contributed by atoms with Crippen molar-refractivity contribution < 1.29 is 9.53 Å². The molecular formula is C25H23ClN2O2. The predicted molar refractivity (Wildman–Crippen MR) is 119 cm³/mol. The number of carbonyl (C=O) groups is 1. The van der Waals surface area contributed by atoms with Crippen LogP contribution in [-0.4, -0.2) is 18.1 Å². The second kappa shape index (κ2) is 7.37. The lowest BCUT2D eigenvalue weighted by Gasteiger charge is -2.49. The third kappa shape index (κ3) is 3.03. The van der Waals surface area contributed by atoms with Crippen LogP contribution < -0.4 is 5.32 Å². The molecule has 1 amide bonds. The van der Waals surface area contributed by atoms with Gasteiger partial charge in [0.2, 0.25) is 0 Å². The Morgan fingerprint density at radius 3 is 2.60 bits per heavy atom. The van der Waals surface area contributed by atoms with Crippen LogP contribution >= 0.6 is 11.6 Å². The summed E-state index contributed by atoms with van der Waals surface area (Å²) in [5.74, 6) is 0.0459. The van der Waals surface area contributed by atoms with Crippen molar-refractivity contribution in [2.24, 2.45) is 0 Å². The first-order chi connectivity index (χ1) is 14.6. The molecule has 0 radical (unpaired) electrons. The fourth-order valence-corrected chi connectivity index (χ4v) is 5.07. The minimum Gasteiger partial charge on any atom is -0.453 e. The summed E-state index contributed by atoms with van der Waals surface area (Å²) in [6.07, 6.45) is -0.302. The summed E-state index contributed by atoms with van der Waals surface area (Å²) >= 11 is 6.16. The lowest BCUT2D eigenvalue weighted by Crippen LogP contribution is -2.46. The van der Waals surface area contributed by atoms with Crippen LogP contribution in [0, 0.1) is 6.92 Å². The first-order valence-electron chi connectivity index (χ1n) is 10.1. The molecule has 152 valence electrons. The number of carbonyl (C=O) groups excluding carboxylic acids is 1. The van der Waals surface area contributed by atoms with Gasteiger partial charge in [0.15, 0.2) is 0 Å². The molecule has 2 aliphatic heterocycles. The molecule has 1 N–H and O–H groups in total. The van der Waals surface area contributed by atoms with Gasteiger partial charge >= 0.3 is 6.09 Å². The quantitative estimate of drug-likeness (QED) is 0.509. The minimum atomic E-state index is -0.302. The van der Waals surface area contributed by atoms with Gasteiger partial charge in [-0.1, -0.05) is 65.7 Å². The molecule has 0 bridgehead atoms. The number of ether oxygens (including phenoxy) is 1. The van der Waals surface area contributed by atoms with Gasteiger partial charge in [0.1, 0.15) is 0 Å². The summed E-state index contributed by atoms with van der Waals surface area (Å²) in [6, 6.07) is 22.6. The lowest BCUT2D eigenvalue weighted by molar-refractivity contribution is 0.0825. The Morgan fingerprint density at radius 2 is 1.83 bits per heavy atom. The van der Waals surface area contributed by atoms with Crippen molar-refractivity contribution >= 4 is 23.4 Å². The molecule has 5 rings (SSSR count). The molecule has 0 fully saturated rings. The van der Waals surface area contributed by atoms with Gasteiger partial charge in [-0.3, -0.25) is 4.90 Å². The van der Waals surface area contributed by atoms with Crippen molar-refractivity contribution in [2.45, 2.75) is 31.5 Å². The van der Waals surface area contributed by atoms with E-state index in [0.717, 1.165) is 22.4 Å². The molecule has 0 spiro atoms. The second-order valence-corrected chi connectivity index (χ2v) is 8.47. The Kier molecular flexibility index (Phi) is 4.67. The fourth-order valence-electron chi connectivity index (χ4n) is 4.94. The van der Waals surface area contributed by atoms with Crippen LogP contribution in [0.15, 0.2) is 66.7 Å². The number of hydrogen-bond donors (Lipinski definition) is 1. The molecular weight excluding hydrogens is 396 g/mol. The average Bonchev–Trinajstić information content (AvgIpc) is 2.77. The number of methoxy groups -OCH3 is 1. The summed E-state index contributed by atoms with van der Waals surface area (Å²) in [6.45, 7) is 2.62. The molecule has 2 aliphatic rings. The standard InChI is InChI=1S/C25H23ClN2O2/c1-15-7-12-21-20(13-15)24-22(23(27-21)16-8-10-18(26)11-9-16)19-6-4-3-5-17(19)14-28(24)25(29)30-2/h3-13,22-24,27H,14H2,1-2H3/t22-,23+,24+/m0/s1. The molecule has 0 saturated heterocycles. The van der Waals surface area contributed by atoms with Gasteiger partial charge in [-0.15, -0.1) is 0 Å². The molecule has 4 nitrogen and oxygen atoms in total. The summed E-state index contributed by atoms with van der Waals surface area (Å²) in [5, 5.41) is 4.47. The van der Waals surface area contributed by atoms with Crippen molar-refractivity contribution in [2.75, 3.05) is 12.4 Å². The highest BCUT2D eigenvalue weighted by Crippen LogP contribution is 2.54. The first kappa shape index (κ1) is 19.0. The van der Waals surface area contributed by atoms with Crippen molar-refractivity contribution in [3.63, 3.8) is 0 Å². The van der Waals surface area contributed by atoms with Gasteiger partial charge in [0.05, 0.1) is 19.2 Å². The number of hydrogen-bond acceptors (Lipinski definition) is 3. The van der Waals surface area contributed by atoms with E-state index in [0.29, 0.717) is 11.6 Å². The number of nitrogens with zero attached hydrogens (tertiary/aromatic N) is 1.